The Morgan fingerprint density at radius 3 is 2.65 bits per heavy atom. The fraction of sp³-hybridized carbons (Fsp3) is 0.636. The van der Waals surface area contributed by atoms with E-state index in [1.807, 2.05) is 7.05 Å². The molecule has 0 saturated carbocycles. The van der Waals surface area contributed by atoms with E-state index in [2.05, 4.69) is 26.8 Å². The van der Waals surface area contributed by atoms with Crippen LogP contribution in [-0.2, 0) is 0 Å². The third kappa shape index (κ3) is 2.98. The van der Waals surface area contributed by atoms with Gasteiger partial charge in [-0.2, -0.15) is 4.98 Å². The van der Waals surface area contributed by atoms with Crippen molar-refractivity contribution >= 4 is 23.4 Å². The minimum atomic E-state index is 0.229. The van der Waals surface area contributed by atoms with Crippen molar-refractivity contribution < 1.29 is 0 Å². The molecule has 1 aliphatic rings. The van der Waals surface area contributed by atoms with E-state index in [4.69, 9.17) is 17.3 Å². The zero-order valence-electron chi connectivity index (χ0n) is 10.2. The maximum absolute atomic E-state index is 5.89. The van der Waals surface area contributed by atoms with Crippen LogP contribution in [-0.4, -0.2) is 48.1 Å². The monoisotopic (exact) mass is 255 g/mol. The SMILES string of the molecule is CN1CCC(N(C)c2cc(Cl)nc(N)n2)CC1. The molecule has 94 valence electrons. The van der Waals surface area contributed by atoms with Gasteiger partial charge in [-0.05, 0) is 33.0 Å². The summed E-state index contributed by atoms with van der Waals surface area (Å²) in [6, 6.07) is 2.26. The topological polar surface area (TPSA) is 58.3 Å². The van der Waals surface area contributed by atoms with Gasteiger partial charge < -0.3 is 15.5 Å². The molecule has 1 saturated heterocycles. The minimum absolute atomic E-state index is 0.229. The van der Waals surface area contributed by atoms with Crippen LogP contribution in [0.1, 0.15) is 12.8 Å². The second kappa shape index (κ2) is 5.06. The first kappa shape index (κ1) is 12.4. The van der Waals surface area contributed by atoms with E-state index < -0.39 is 0 Å². The van der Waals surface area contributed by atoms with E-state index in [0.717, 1.165) is 31.7 Å². The molecule has 1 fully saturated rings. The van der Waals surface area contributed by atoms with Crippen LogP contribution in [0.4, 0.5) is 11.8 Å². The third-order valence-electron chi connectivity index (χ3n) is 3.30. The smallest absolute Gasteiger partial charge is 0.223 e. The highest BCUT2D eigenvalue weighted by Crippen LogP contribution is 2.22. The van der Waals surface area contributed by atoms with Crippen LogP contribution in [0.25, 0.3) is 0 Å². The summed E-state index contributed by atoms with van der Waals surface area (Å²) in [6.07, 6.45) is 2.27. The van der Waals surface area contributed by atoms with Gasteiger partial charge in [0.05, 0.1) is 0 Å². The predicted molar refractivity (Wildman–Crippen MR) is 70.4 cm³/mol. The Balaban J connectivity index is 2.10. The van der Waals surface area contributed by atoms with Crippen molar-refractivity contribution in [2.24, 2.45) is 0 Å². The van der Waals surface area contributed by atoms with Gasteiger partial charge in [0.15, 0.2) is 0 Å². The van der Waals surface area contributed by atoms with Crippen molar-refractivity contribution in [2.75, 3.05) is 37.8 Å². The summed E-state index contributed by atoms with van der Waals surface area (Å²) in [6.45, 7) is 2.23. The van der Waals surface area contributed by atoms with Crippen LogP contribution in [0.5, 0.6) is 0 Å². The molecule has 1 aromatic rings. The normalized spacial score (nSPS) is 18.3. The number of halogens is 1. The molecule has 5 nitrogen and oxygen atoms in total. The number of nitrogens with zero attached hydrogens (tertiary/aromatic N) is 4. The van der Waals surface area contributed by atoms with E-state index in [9.17, 15) is 0 Å². The largest absolute Gasteiger partial charge is 0.368 e. The van der Waals surface area contributed by atoms with Crippen LogP contribution < -0.4 is 10.6 Å². The number of piperidine rings is 1. The third-order valence-corrected chi connectivity index (χ3v) is 3.49. The van der Waals surface area contributed by atoms with Crippen LogP contribution in [0.3, 0.4) is 0 Å². The van der Waals surface area contributed by atoms with Crippen molar-refractivity contribution in [3.63, 3.8) is 0 Å². The van der Waals surface area contributed by atoms with E-state index in [1.54, 1.807) is 6.07 Å². The lowest BCUT2D eigenvalue weighted by Crippen LogP contribution is -2.42. The molecule has 0 spiro atoms. The second-order valence-corrected chi connectivity index (χ2v) is 4.94. The second-order valence-electron chi connectivity index (χ2n) is 4.55. The molecular weight excluding hydrogens is 238 g/mol. The number of nitrogen functional groups attached to an aromatic ring is 1. The summed E-state index contributed by atoms with van der Waals surface area (Å²) >= 11 is 5.89. The molecular formula is C11H18ClN5. The molecule has 0 aromatic carbocycles. The highest BCUT2D eigenvalue weighted by molar-refractivity contribution is 6.29. The van der Waals surface area contributed by atoms with Crippen LogP contribution in [0.15, 0.2) is 6.07 Å². The summed E-state index contributed by atoms with van der Waals surface area (Å²) < 4.78 is 0. The fourth-order valence-electron chi connectivity index (χ4n) is 2.17. The summed E-state index contributed by atoms with van der Waals surface area (Å²) in [5.74, 6) is 1.03. The Kier molecular flexibility index (Phi) is 3.69. The zero-order chi connectivity index (χ0) is 12.4. The molecule has 17 heavy (non-hydrogen) atoms. The van der Waals surface area contributed by atoms with Gasteiger partial charge in [-0.1, -0.05) is 11.6 Å². The van der Waals surface area contributed by atoms with Crippen molar-refractivity contribution in [3.8, 4) is 0 Å². The molecule has 0 bridgehead atoms. The van der Waals surface area contributed by atoms with Crippen molar-refractivity contribution in [3.05, 3.63) is 11.2 Å². The Bertz CT molecular complexity index is 369. The Morgan fingerprint density at radius 1 is 1.41 bits per heavy atom. The molecule has 6 heteroatoms. The Hall–Kier alpha value is -1.07. The molecule has 0 atom stereocenters. The van der Waals surface area contributed by atoms with E-state index in [-0.39, 0.29) is 5.95 Å². The van der Waals surface area contributed by atoms with E-state index >= 15 is 0 Å². The van der Waals surface area contributed by atoms with Crippen LogP contribution in [0, 0.1) is 0 Å². The summed E-state index contributed by atoms with van der Waals surface area (Å²) in [7, 11) is 4.18. The minimum Gasteiger partial charge on any atom is -0.368 e. The van der Waals surface area contributed by atoms with Crippen molar-refractivity contribution in [2.45, 2.75) is 18.9 Å². The first-order chi connectivity index (χ1) is 8.06. The van der Waals surface area contributed by atoms with Gasteiger partial charge in [0, 0.05) is 19.2 Å². The van der Waals surface area contributed by atoms with E-state index in [1.165, 1.54) is 0 Å². The van der Waals surface area contributed by atoms with E-state index in [0.29, 0.717) is 11.2 Å². The lowest BCUT2D eigenvalue weighted by Gasteiger charge is -2.35. The molecule has 0 radical (unpaired) electrons. The number of hydrogen-bond donors (Lipinski definition) is 1. The molecule has 2 rings (SSSR count). The maximum Gasteiger partial charge on any atom is 0.223 e. The average molecular weight is 256 g/mol. The van der Waals surface area contributed by atoms with Crippen molar-refractivity contribution in [1.29, 1.82) is 0 Å². The average Bonchev–Trinajstić information content (AvgIpc) is 2.28. The number of hydrogen-bond acceptors (Lipinski definition) is 5. The predicted octanol–water partition coefficient (Wildman–Crippen LogP) is 1.24. The molecule has 0 unspecified atom stereocenters. The van der Waals surface area contributed by atoms with Gasteiger partial charge >= 0.3 is 0 Å². The molecule has 0 aliphatic carbocycles. The first-order valence-corrected chi connectivity index (χ1v) is 6.15. The van der Waals surface area contributed by atoms with Gasteiger partial charge in [-0.15, -0.1) is 0 Å². The van der Waals surface area contributed by atoms with Gasteiger partial charge in [-0.3, -0.25) is 0 Å². The zero-order valence-corrected chi connectivity index (χ0v) is 11.0. The Labute approximate surface area is 107 Å². The molecule has 1 aromatic heterocycles. The van der Waals surface area contributed by atoms with Crippen LogP contribution in [0.2, 0.25) is 5.15 Å². The first-order valence-electron chi connectivity index (χ1n) is 5.77. The van der Waals surface area contributed by atoms with Gasteiger partial charge in [0.25, 0.3) is 0 Å². The fourth-order valence-corrected chi connectivity index (χ4v) is 2.36. The maximum atomic E-state index is 5.89. The lowest BCUT2D eigenvalue weighted by molar-refractivity contribution is 0.252. The summed E-state index contributed by atoms with van der Waals surface area (Å²) in [5.41, 5.74) is 5.61. The summed E-state index contributed by atoms with van der Waals surface area (Å²) in [5, 5.41) is 0.396. The quantitative estimate of drug-likeness (QED) is 0.806. The molecule has 2 N–H and O–H groups in total. The molecule has 2 heterocycles. The number of nitrogens with two attached hydrogens (primary N) is 1. The standard InChI is InChI=1S/C11H18ClN5/c1-16-5-3-8(4-6-16)17(2)10-7-9(12)14-11(13)15-10/h7-8H,3-6H2,1-2H3,(H2,13,14,15). The van der Waals surface area contributed by atoms with Gasteiger partial charge in [0.1, 0.15) is 11.0 Å². The molecule has 1 aliphatic heterocycles. The highest BCUT2D eigenvalue weighted by Gasteiger charge is 2.21. The number of aromatic nitrogens is 2. The van der Waals surface area contributed by atoms with Crippen LogP contribution >= 0.6 is 11.6 Å². The number of rotatable bonds is 2. The highest BCUT2D eigenvalue weighted by atomic mass is 35.5. The summed E-state index contributed by atoms with van der Waals surface area (Å²) in [4.78, 5) is 12.6. The molecule has 0 amide bonds. The van der Waals surface area contributed by atoms with Gasteiger partial charge in [0.2, 0.25) is 5.95 Å². The lowest BCUT2D eigenvalue weighted by atomic mass is 10.0. The van der Waals surface area contributed by atoms with Gasteiger partial charge in [-0.25, -0.2) is 4.98 Å². The Morgan fingerprint density at radius 2 is 2.06 bits per heavy atom. The number of anilines is 2. The number of likely N-dealkylation sites (tertiary alicyclic amines) is 1. The van der Waals surface area contributed by atoms with Crippen molar-refractivity contribution in [1.82, 2.24) is 14.9 Å².